The van der Waals surface area contributed by atoms with Crippen LogP contribution in [0.2, 0.25) is 0 Å². The molecule has 0 saturated carbocycles. The van der Waals surface area contributed by atoms with Crippen molar-refractivity contribution in [2.24, 2.45) is 0 Å². The number of hydrogen-bond acceptors (Lipinski definition) is 1. The largest absolute Gasteiger partial charge is 0.282 e. The molecule has 0 aliphatic carbocycles. The Morgan fingerprint density at radius 3 is 2.17 bits per heavy atom. The number of aromatic amines is 1. The van der Waals surface area contributed by atoms with Crippen LogP contribution in [0, 0.1) is 6.92 Å². The number of rotatable bonds is 4. The van der Waals surface area contributed by atoms with Gasteiger partial charge >= 0.3 is 0 Å². The Morgan fingerprint density at radius 2 is 1.50 bits per heavy atom. The van der Waals surface area contributed by atoms with Crippen molar-refractivity contribution in [1.82, 2.24) is 10.2 Å². The molecule has 0 aliphatic rings. The van der Waals surface area contributed by atoms with Crippen LogP contribution in [0.3, 0.4) is 0 Å². The molecule has 1 aromatic heterocycles. The Kier molecular flexibility index (Phi) is 7.03. The quantitative estimate of drug-likeness (QED) is 0.350. The van der Waals surface area contributed by atoms with Gasteiger partial charge in [0, 0.05) is 11.1 Å². The van der Waals surface area contributed by atoms with Gasteiger partial charge < -0.3 is 0 Å². The van der Waals surface area contributed by atoms with E-state index in [0.29, 0.717) is 0 Å². The molecule has 0 saturated heterocycles. The van der Waals surface area contributed by atoms with Crippen LogP contribution >= 0.6 is 0 Å². The van der Waals surface area contributed by atoms with Gasteiger partial charge in [-0.15, -0.1) is 0 Å². The van der Waals surface area contributed by atoms with Crippen molar-refractivity contribution in [1.29, 1.82) is 0 Å². The van der Waals surface area contributed by atoms with Gasteiger partial charge in [-0.05, 0) is 66.3 Å². The van der Waals surface area contributed by atoms with Crippen LogP contribution in [-0.2, 0) is 0 Å². The van der Waals surface area contributed by atoms with Crippen molar-refractivity contribution in [3.8, 4) is 0 Å². The van der Waals surface area contributed by atoms with Crippen LogP contribution in [0.4, 0.5) is 0 Å². The second-order valence-corrected chi connectivity index (χ2v) is 7.07. The fourth-order valence-electron chi connectivity index (χ4n) is 3.68. The Labute approximate surface area is 180 Å². The highest BCUT2D eigenvalue weighted by molar-refractivity contribution is 6.00. The molecule has 3 aromatic carbocycles. The third kappa shape index (κ3) is 4.44. The molecular weight excluding hydrogens is 364 g/mol. The highest BCUT2D eigenvalue weighted by atomic mass is 15.1. The number of hydrogen-bond donors (Lipinski definition) is 1. The lowest BCUT2D eigenvalue weighted by Gasteiger charge is -2.15. The van der Waals surface area contributed by atoms with E-state index < -0.39 is 0 Å². The summed E-state index contributed by atoms with van der Waals surface area (Å²) in [6.07, 6.45) is 4.19. The van der Waals surface area contributed by atoms with Gasteiger partial charge in [0.2, 0.25) is 0 Å². The first-order chi connectivity index (χ1) is 14.7. The monoisotopic (exact) mass is 394 g/mol. The lowest BCUT2D eigenvalue weighted by atomic mass is 9.89. The van der Waals surface area contributed by atoms with Gasteiger partial charge in [0.1, 0.15) is 0 Å². The number of allylic oxidation sites excluding steroid dienone is 2. The average molecular weight is 395 g/mol. The maximum absolute atomic E-state index is 4.38. The summed E-state index contributed by atoms with van der Waals surface area (Å²) in [6.45, 7) is 10.3. The van der Waals surface area contributed by atoms with Crippen molar-refractivity contribution in [3.05, 3.63) is 107 Å². The Bertz CT molecular complexity index is 1160. The number of fused-ring (bicyclic) bond motifs is 1. The number of nitrogens with zero attached hydrogens (tertiary/aromatic N) is 1. The minimum absolute atomic E-state index is 1.00. The molecule has 1 heterocycles. The van der Waals surface area contributed by atoms with Gasteiger partial charge in [0.25, 0.3) is 0 Å². The van der Waals surface area contributed by atoms with E-state index in [0.717, 1.165) is 11.2 Å². The number of benzene rings is 3. The number of aromatic nitrogens is 2. The Balaban J connectivity index is 0.00000124. The minimum atomic E-state index is 1.00. The van der Waals surface area contributed by atoms with E-state index in [4.69, 9.17) is 0 Å². The maximum Gasteiger partial charge on any atom is 0.0924 e. The van der Waals surface area contributed by atoms with Crippen molar-refractivity contribution >= 4 is 28.1 Å². The molecule has 0 radical (unpaired) electrons. The zero-order chi connectivity index (χ0) is 21.5. The van der Waals surface area contributed by atoms with Crippen LogP contribution in [0.25, 0.3) is 28.1 Å². The van der Waals surface area contributed by atoms with Crippen molar-refractivity contribution in [3.63, 3.8) is 0 Å². The molecule has 0 spiro atoms. The zero-order valence-electron chi connectivity index (χ0n) is 18.5. The van der Waals surface area contributed by atoms with Crippen molar-refractivity contribution in [2.75, 3.05) is 0 Å². The molecule has 0 unspecified atom stereocenters. The number of aryl methyl sites for hydroxylation is 1. The molecule has 2 nitrogen and oxygen atoms in total. The third-order valence-corrected chi connectivity index (χ3v) is 5.17. The molecule has 0 bridgehead atoms. The molecular formula is C28H30N2. The summed E-state index contributed by atoms with van der Waals surface area (Å²) in [4.78, 5) is 0. The van der Waals surface area contributed by atoms with Gasteiger partial charge in [0.05, 0.1) is 5.52 Å². The first-order valence-corrected chi connectivity index (χ1v) is 10.6. The van der Waals surface area contributed by atoms with E-state index in [1.807, 2.05) is 20.8 Å². The summed E-state index contributed by atoms with van der Waals surface area (Å²) in [5, 5.41) is 8.64. The first kappa shape index (κ1) is 21.3. The molecule has 4 aromatic rings. The number of nitrogens with one attached hydrogen (secondary N) is 1. The van der Waals surface area contributed by atoms with Gasteiger partial charge in [-0.1, -0.05) is 86.7 Å². The van der Waals surface area contributed by atoms with Crippen LogP contribution in [0.15, 0.2) is 78.9 Å². The summed E-state index contributed by atoms with van der Waals surface area (Å²) in [6, 6.07) is 25.9. The fourth-order valence-corrected chi connectivity index (χ4v) is 3.68. The standard InChI is InChI=1S/C26H24N2.C2H6/c1-4-8-20-11-13-22(14-12-20)26(18(2)21-9-6-5-7-10-21)23-15-16-25-24(17-23)19(3)27-28-25;1-2/h4-17H,1-3H3,(H,27,28);1-2H3/b8-4+,26-18+;. The zero-order valence-corrected chi connectivity index (χ0v) is 18.5. The minimum Gasteiger partial charge on any atom is -0.282 e. The van der Waals surface area contributed by atoms with E-state index in [1.54, 1.807) is 0 Å². The summed E-state index contributed by atoms with van der Waals surface area (Å²) in [5.74, 6) is 0. The molecule has 4 rings (SSSR count). The SMILES string of the molecule is C/C=C/c1ccc(/C(=C(/C)c2ccccc2)c2ccc3n[nH]c(C)c3c2)cc1.CC. The van der Waals surface area contributed by atoms with E-state index >= 15 is 0 Å². The highest BCUT2D eigenvalue weighted by Gasteiger charge is 2.13. The van der Waals surface area contributed by atoms with Crippen LogP contribution in [-0.4, -0.2) is 10.2 Å². The molecule has 152 valence electrons. The highest BCUT2D eigenvalue weighted by Crippen LogP contribution is 2.34. The Morgan fingerprint density at radius 1 is 0.833 bits per heavy atom. The predicted octanol–water partition coefficient (Wildman–Crippen LogP) is 7.91. The summed E-state index contributed by atoms with van der Waals surface area (Å²) in [5.41, 5.74) is 9.48. The average Bonchev–Trinajstić information content (AvgIpc) is 3.17. The molecule has 30 heavy (non-hydrogen) atoms. The fraction of sp³-hybridized carbons (Fsp3) is 0.179. The second kappa shape index (κ2) is 9.89. The first-order valence-electron chi connectivity index (χ1n) is 10.6. The topological polar surface area (TPSA) is 28.7 Å². The molecule has 0 fully saturated rings. The molecule has 1 N–H and O–H groups in total. The molecule has 0 amide bonds. The van der Waals surface area contributed by atoms with Gasteiger partial charge in [-0.2, -0.15) is 5.10 Å². The van der Waals surface area contributed by atoms with Gasteiger partial charge in [0.15, 0.2) is 0 Å². The normalized spacial score (nSPS) is 11.9. The third-order valence-electron chi connectivity index (χ3n) is 5.17. The lowest BCUT2D eigenvalue weighted by Crippen LogP contribution is -1.93. The molecule has 0 aliphatic heterocycles. The van der Waals surface area contributed by atoms with E-state index in [-0.39, 0.29) is 0 Å². The van der Waals surface area contributed by atoms with Gasteiger partial charge in [-0.3, -0.25) is 5.10 Å². The molecule has 0 atom stereocenters. The molecule has 2 heteroatoms. The summed E-state index contributed by atoms with van der Waals surface area (Å²) >= 11 is 0. The Hall–Kier alpha value is -3.39. The van der Waals surface area contributed by atoms with Crippen LogP contribution < -0.4 is 0 Å². The summed E-state index contributed by atoms with van der Waals surface area (Å²) in [7, 11) is 0. The van der Waals surface area contributed by atoms with Crippen molar-refractivity contribution < 1.29 is 0 Å². The number of H-pyrrole nitrogens is 1. The lowest BCUT2D eigenvalue weighted by molar-refractivity contribution is 1.07. The van der Waals surface area contributed by atoms with Crippen LogP contribution in [0.5, 0.6) is 0 Å². The second-order valence-electron chi connectivity index (χ2n) is 7.07. The van der Waals surface area contributed by atoms with Gasteiger partial charge in [-0.25, -0.2) is 0 Å². The van der Waals surface area contributed by atoms with Crippen LogP contribution in [0.1, 0.15) is 55.6 Å². The predicted molar refractivity (Wildman–Crippen MR) is 131 cm³/mol. The maximum atomic E-state index is 4.38. The smallest absolute Gasteiger partial charge is 0.0924 e. The summed E-state index contributed by atoms with van der Waals surface area (Å²) < 4.78 is 0. The van der Waals surface area contributed by atoms with E-state index in [2.05, 4.69) is 109 Å². The van der Waals surface area contributed by atoms with E-state index in [9.17, 15) is 0 Å². The van der Waals surface area contributed by atoms with Crippen molar-refractivity contribution in [2.45, 2.75) is 34.6 Å². The van der Waals surface area contributed by atoms with E-state index in [1.165, 1.54) is 38.8 Å².